The number of carbonyl (C=O) groups is 1. The molecule has 1 unspecified atom stereocenters. The van der Waals surface area contributed by atoms with Gasteiger partial charge in [-0.05, 0) is 19.1 Å². The number of nitrogen functional groups attached to an aromatic ring is 1. The van der Waals surface area contributed by atoms with Crippen LogP contribution in [0, 0.1) is 0 Å². The standard InChI is InChI=1S/C10H15N3O3S/c1-7(10(14)12-2)13-17(15,16)9-6-4-3-5-8(9)11/h3-7,13H,11H2,1-2H3,(H,12,14). The van der Waals surface area contributed by atoms with Gasteiger partial charge in [0.2, 0.25) is 15.9 Å². The second kappa shape index (κ2) is 5.15. The molecule has 94 valence electrons. The largest absolute Gasteiger partial charge is 0.398 e. The molecule has 1 amide bonds. The van der Waals surface area contributed by atoms with Gasteiger partial charge in [0.05, 0.1) is 11.7 Å². The van der Waals surface area contributed by atoms with E-state index in [4.69, 9.17) is 5.73 Å². The van der Waals surface area contributed by atoms with Crippen molar-refractivity contribution in [2.45, 2.75) is 17.9 Å². The number of nitrogens with two attached hydrogens (primary N) is 1. The number of para-hydroxylation sites is 1. The Morgan fingerprint density at radius 2 is 1.94 bits per heavy atom. The van der Waals surface area contributed by atoms with Crippen LogP contribution < -0.4 is 15.8 Å². The summed E-state index contributed by atoms with van der Waals surface area (Å²) in [4.78, 5) is 11.2. The van der Waals surface area contributed by atoms with Crippen molar-refractivity contribution in [3.63, 3.8) is 0 Å². The van der Waals surface area contributed by atoms with E-state index in [0.717, 1.165) is 0 Å². The summed E-state index contributed by atoms with van der Waals surface area (Å²) in [5.41, 5.74) is 5.71. The predicted molar refractivity (Wildman–Crippen MR) is 64.7 cm³/mol. The van der Waals surface area contributed by atoms with Crippen molar-refractivity contribution in [3.05, 3.63) is 24.3 Å². The van der Waals surface area contributed by atoms with Gasteiger partial charge in [-0.1, -0.05) is 12.1 Å². The molecule has 0 saturated heterocycles. The van der Waals surface area contributed by atoms with E-state index < -0.39 is 22.0 Å². The zero-order valence-electron chi connectivity index (χ0n) is 9.60. The maximum Gasteiger partial charge on any atom is 0.243 e. The molecule has 0 saturated carbocycles. The van der Waals surface area contributed by atoms with Crippen LogP contribution in [0.25, 0.3) is 0 Å². The quantitative estimate of drug-likeness (QED) is 0.643. The Labute approximate surface area is 100 Å². The second-order valence-corrected chi connectivity index (χ2v) is 5.18. The molecule has 7 heteroatoms. The van der Waals surface area contributed by atoms with Crippen molar-refractivity contribution in [1.29, 1.82) is 0 Å². The normalized spacial score (nSPS) is 13.1. The highest BCUT2D eigenvalue weighted by atomic mass is 32.2. The third kappa shape index (κ3) is 3.18. The first-order valence-electron chi connectivity index (χ1n) is 4.97. The minimum atomic E-state index is -3.78. The number of rotatable bonds is 4. The SMILES string of the molecule is CNC(=O)C(C)NS(=O)(=O)c1ccccc1N. The molecule has 0 spiro atoms. The third-order valence-corrected chi connectivity index (χ3v) is 3.79. The van der Waals surface area contributed by atoms with E-state index in [0.29, 0.717) is 0 Å². The Balaban J connectivity index is 2.98. The Bertz CT molecular complexity index is 513. The van der Waals surface area contributed by atoms with Crippen molar-refractivity contribution < 1.29 is 13.2 Å². The predicted octanol–water partition coefficient (Wildman–Crippen LogP) is -0.318. The highest BCUT2D eigenvalue weighted by Gasteiger charge is 2.22. The molecule has 0 aromatic heterocycles. The monoisotopic (exact) mass is 257 g/mol. The summed E-state index contributed by atoms with van der Waals surface area (Å²) in [6.45, 7) is 1.45. The number of anilines is 1. The van der Waals surface area contributed by atoms with Gasteiger partial charge in [0.25, 0.3) is 0 Å². The molecule has 17 heavy (non-hydrogen) atoms. The molecule has 4 N–H and O–H groups in total. The summed E-state index contributed by atoms with van der Waals surface area (Å²) in [6.07, 6.45) is 0. The van der Waals surface area contributed by atoms with E-state index in [1.54, 1.807) is 12.1 Å². The molecule has 0 heterocycles. The van der Waals surface area contributed by atoms with Gasteiger partial charge >= 0.3 is 0 Å². The molecule has 0 fully saturated rings. The van der Waals surface area contributed by atoms with E-state index in [9.17, 15) is 13.2 Å². The minimum absolute atomic E-state index is 0.0317. The number of hydrogen-bond donors (Lipinski definition) is 3. The third-order valence-electron chi connectivity index (χ3n) is 2.18. The Hall–Kier alpha value is -1.60. The lowest BCUT2D eigenvalue weighted by Crippen LogP contribution is -2.43. The van der Waals surface area contributed by atoms with Crippen LogP contribution in [0.5, 0.6) is 0 Å². The minimum Gasteiger partial charge on any atom is -0.398 e. The number of benzene rings is 1. The van der Waals surface area contributed by atoms with E-state index >= 15 is 0 Å². The van der Waals surface area contributed by atoms with E-state index in [1.165, 1.54) is 26.1 Å². The van der Waals surface area contributed by atoms with Crippen LogP contribution in [0.2, 0.25) is 0 Å². The van der Waals surface area contributed by atoms with Crippen LogP contribution in [0.4, 0.5) is 5.69 Å². The van der Waals surface area contributed by atoms with Gasteiger partial charge in [-0.3, -0.25) is 4.79 Å². The van der Waals surface area contributed by atoms with Crippen molar-refractivity contribution >= 4 is 21.6 Å². The molecule has 1 aromatic carbocycles. The molecule has 0 bridgehead atoms. The van der Waals surface area contributed by atoms with Gasteiger partial charge in [0.1, 0.15) is 4.90 Å². The molecular weight excluding hydrogens is 242 g/mol. The smallest absolute Gasteiger partial charge is 0.243 e. The Morgan fingerprint density at radius 3 is 2.47 bits per heavy atom. The summed E-state index contributed by atoms with van der Waals surface area (Å²) in [6, 6.07) is 5.21. The zero-order chi connectivity index (χ0) is 13.1. The summed E-state index contributed by atoms with van der Waals surface area (Å²) < 4.78 is 26.1. The molecular formula is C10H15N3O3S. The fourth-order valence-electron chi connectivity index (χ4n) is 1.29. The average Bonchev–Trinajstić information content (AvgIpc) is 2.27. The number of sulfonamides is 1. The van der Waals surface area contributed by atoms with Crippen LogP contribution in [0.1, 0.15) is 6.92 Å². The first kappa shape index (κ1) is 13.5. The summed E-state index contributed by atoms with van der Waals surface area (Å²) in [7, 11) is -2.35. The molecule has 6 nitrogen and oxygen atoms in total. The number of nitrogens with one attached hydrogen (secondary N) is 2. The first-order chi connectivity index (χ1) is 7.88. The highest BCUT2D eigenvalue weighted by Crippen LogP contribution is 2.17. The molecule has 0 aliphatic heterocycles. The number of amides is 1. The van der Waals surface area contributed by atoms with Crippen molar-refractivity contribution in [2.24, 2.45) is 0 Å². The van der Waals surface area contributed by atoms with E-state index in [-0.39, 0.29) is 10.6 Å². The topological polar surface area (TPSA) is 101 Å². The molecule has 1 rings (SSSR count). The summed E-state index contributed by atoms with van der Waals surface area (Å²) in [5.74, 6) is -0.414. The lowest BCUT2D eigenvalue weighted by atomic mass is 10.3. The molecule has 0 radical (unpaired) electrons. The second-order valence-electron chi connectivity index (χ2n) is 3.50. The maximum atomic E-state index is 11.9. The number of hydrogen-bond acceptors (Lipinski definition) is 4. The summed E-state index contributed by atoms with van der Waals surface area (Å²) in [5, 5.41) is 2.36. The molecule has 1 aromatic rings. The van der Waals surface area contributed by atoms with Crippen LogP contribution in [0.3, 0.4) is 0 Å². The number of likely N-dealkylation sites (N-methyl/N-ethyl adjacent to an activating group) is 1. The van der Waals surface area contributed by atoms with Crippen LogP contribution in [-0.2, 0) is 14.8 Å². The van der Waals surface area contributed by atoms with Crippen LogP contribution >= 0.6 is 0 Å². The first-order valence-corrected chi connectivity index (χ1v) is 6.45. The van der Waals surface area contributed by atoms with Gasteiger partial charge < -0.3 is 11.1 Å². The molecule has 0 aliphatic rings. The van der Waals surface area contributed by atoms with Crippen molar-refractivity contribution in [3.8, 4) is 0 Å². The van der Waals surface area contributed by atoms with E-state index in [1.807, 2.05) is 0 Å². The molecule has 0 aliphatic carbocycles. The maximum absolute atomic E-state index is 11.9. The van der Waals surface area contributed by atoms with E-state index in [2.05, 4.69) is 10.0 Å². The molecule has 1 atom stereocenters. The van der Waals surface area contributed by atoms with Crippen molar-refractivity contribution in [2.75, 3.05) is 12.8 Å². The van der Waals surface area contributed by atoms with Gasteiger partial charge in [-0.2, -0.15) is 4.72 Å². The van der Waals surface area contributed by atoms with Crippen LogP contribution in [-0.4, -0.2) is 27.4 Å². The Morgan fingerprint density at radius 1 is 1.35 bits per heavy atom. The van der Waals surface area contributed by atoms with Gasteiger partial charge in [0.15, 0.2) is 0 Å². The highest BCUT2D eigenvalue weighted by molar-refractivity contribution is 7.89. The number of carbonyl (C=O) groups excluding carboxylic acids is 1. The van der Waals surface area contributed by atoms with Crippen molar-refractivity contribution in [1.82, 2.24) is 10.0 Å². The summed E-state index contributed by atoms with van der Waals surface area (Å²) >= 11 is 0. The Kier molecular flexibility index (Phi) is 4.08. The fraction of sp³-hybridized carbons (Fsp3) is 0.300. The van der Waals surface area contributed by atoms with Gasteiger partial charge in [-0.15, -0.1) is 0 Å². The van der Waals surface area contributed by atoms with Gasteiger partial charge in [0, 0.05) is 7.05 Å². The van der Waals surface area contributed by atoms with Gasteiger partial charge in [-0.25, -0.2) is 8.42 Å². The fourth-order valence-corrected chi connectivity index (χ4v) is 2.63. The average molecular weight is 257 g/mol. The zero-order valence-corrected chi connectivity index (χ0v) is 10.4. The lowest BCUT2D eigenvalue weighted by Gasteiger charge is -2.13. The lowest BCUT2D eigenvalue weighted by molar-refractivity contribution is -0.121. The van der Waals surface area contributed by atoms with Crippen LogP contribution in [0.15, 0.2) is 29.2 Å².